The number of carbonyl (C=O) groups is 1. The number of benzene rings is 1. The van der Waals surface area contributed by atoms with E-state index in [9.17, 15) is 9.90 Å². The summed E-state index contributed by atoms with van der Waals surface area (Å²) in [5, 5.41) is 9.99. The van der Waals surface area contributed by atoms with Crippen LogP contribution in [-0.2, 0) is 4.79 Å². The maximum absolute atomic E-state index is 11.5. The van der Waals surface area contributed by atoms with Gasteiger partial charge in [-0.25, -0.2) is 0 Å². The molecule has 1 atom stereocenters. The van der Waals surface area contributed by atoms with Crippen molar-refractivity contribution in [1.29, 1.82) is 0 Å². The van der Waals surface area contributed by atoms with Crippen LogP contribution in [0.25, 0.3) is 5.57 Å². The highest BCUT2D eigenvalue weighted by Gasteiger charge is 2.29. The van der Waals surface area contributed by atoms with Crippen molar-refractivity contribution in [2.45, 2.75) is 25.4 Å². The van der Waals surface area contributed by atoms with E-state index in [1.165, 1.54) is 0 Å². The number of allylic oxidation sites excluding steroid dienone is 1. The quantitative estimate of drug-likeness (QED) is 0.850. The van der Waals surface area contributed by atoms with Gasteiger partial charge in [0.1, 0.15) is 5.75 Å². The molecule has 0 amide bonds. The average Bonchev–Trinajstić information content (AvgIpc) is 2.26. The van der Waals surface area contributed by atoms with E-state index in [1.807, 2.05) is 24.3 Å². The van der Waals surface area contributed by atoms with Crippen molar-refractivity contribution < 1.29 is 14.6 Å². The average molecular weight is 232 g/mol. The van der Waals surface area contributed by atoms with Crippen LogP contribution in [0.4, 0.5) is 0 Å². The number of rotatable bonds is 2. The largest absolute Gasteiger partial charge is 0.497 e. The van der Waals surface area contributed by atoms with Gasteiger partial charge in [0.25, 0.3) is 0 Å². The molecule has 0 saturated carbocycles. The van der Waals surface area contributed by atoms with Crippen molar-refractivity contribution >= 4 is 11.4 Å². The molecule has 3 heteroatoms. The maximum atomic E-state index is 11.5. The number of hydrogen-bond donors (Lipinski definition) is 1. The SMILES string of the molecule is COc1ccc(C2=CC(=O)CC(C)(O)C2)cc1. The fourth-order valence-electron chi connectivity index (χ4n) is 2.14. The van der Waals surface area contributed by atoms with Gasteiger partial charge < -0.3 is 9.84 Å². The van der Waals surface area contributed by atoms with Crippen LogP contribution in [0.3, 0.4) is 0 Å². The topological polar surface area (TPSA) is 46.5 Å². The van der Waals surface area contributed by atoms with E-state index < -0.39 is 5.60 Å². The molecule has 0 aliphatic heterocycles. The van der Waals surface area contributed by atoms with E-state index in [0.717, 1.165) is 16.9 Å². The summed E-state index contributed by atoms with van der Waals surface area (Å²) < 4.78 is 5.08. The van der Waals surface area contributed by atoms with Crippen LogP contribution >= 0.6 is 0 Å². The molecule has 1 aliphatic carbocycles. The van der Waals surface area contributed by atoms with E-state index in [2.05, 4.69) is 0 Å². The van der Waals surface area contributed by atoms with Crippen LogP contribution < -0.4 is 4.74 Å². The predicted octanol–water partition coefficient (Wildman–Crippen LogP) is 2.19. The van der Waals surface area contributed by atoms with Gasteiger partial charge in [-0.05, 0) is 36.3 Å². The summed E-state index contributed by atoms with van der Waals surface area (Å²) in [6, 6.07) is 7.51. The third kappa shape index (κ3) is 2.74. The number of aliphatic hydroxyl groups is 1. The van der Waals surface area contributed by atoms with Gasteiger partial charge in [-0.15, -0.1) is 0 Å². The Bertz CT molecular complexity index is 455. The highest BCUT2D eigenvalue weighted by molar-refractivity contribution is 5.99. The molecule has 1 unspecified atom stereocenters. The molecule has 90 valence electrons. The first-order chi connectivity index (χ1) is 8.00. The smallest absolute Gasteiger partial charge is 0.158 e. The minimum absolute atomic E-state index is 0.0212. The van der Waals surface area contributed by atoms with Gasteiger partial charge in [-0.3, -0.25) is 4.79 Å². The summed E-state index contributed by atoms with van der Waals surface area (Å²) >= 11 is 0. The Morgan fingerprint density at radius 3 is 2.41 bits per heavy atom. The van der Waals surface area contributed by atoms with Crippen molar-refractivity contribution in [3.05, 3.63) is 35.9 Å². The monoisotopic (exact) mass is 232 g/mol. The molecular formula is C14H16O3. The fraction of sp³-hybridized carbons (Fsp3) is 0.357. The third-order valence-electron chi connectivity index (χ3n) is 2.92. The zero-order valence-corrected chi connectivity index (χ0v) is 10.1. The lowest BCUT2D eigenvalue weighted by atomic mass is 9.83. The van der Waals surface area contributed by atoms with Gasteiger partial charge in [0.05, 0.1) is 12.7 Å². The molecule has 1 aromatic carbocycles. The highest BCUT2D eigenvalue weighted by Crippen LogP contribution is 2.32. The molecule has 1 aromatic rings. The minimum Gasteiger partial charge on any atom is -0.497 e. The number of ketones is 1. The zero-order chi connectivity index (χ0) is 12.5. The summed E-state index contributed by atoms with van der Waals surface area (Å²) in [6.07, 6.45) is 2.33. The Hall–Kier alpha value is -1.61. The van der Waals surface area contributed by atoms with Crippen molar-refractivity contribution in [2.75, 3.05) is 7.11 Å². The molecule has 0 spiro atoms. The Morgan fingerprint density at radius 1 is 1.24 bits per heavy atom. The van der Waals surface area contributed by atoms with Crippen LogP contribution in [0, 0.1) is 0 Å². The molecule has 0 saturated heterocycles. The van der Waals surface area contributed by atoms with Crippen LogP contribution in [0.1, 0.15) is 25.3 Å². The molecule has 0 radical (unpaired) electrons. The summed E-state index contributed by atoms with van der Waals surface area (Å²) in [5.74, 6) is 0.760. The second-order valence-electron chi connectivity index (χ2n) is 4.71. The standard InChI is InChI=1S/C14H16O3/c1-14(16)8-11(7-12(15)9-14)10-3-5-13(17-2)6-4-10/h3-7,16H,8-9H2,1-2H3. The lowest BCUT2D eigenvalue weighted by Gasteiger charge is -2.27. The molecule has 1 aliphatic rings. The Morgan fingerprint density at radius 2 is 1.88 bits per heavy atom. The molecule has 1 N–H and O–H groups in total. The van der Waals surface area contributed by atoms with Crippen molar-refractivity contribution in [2.24, 2.45) is 0 Å². The number of ether oxygens (including phenoxy) is 1. The van der Waals surface area contributed by atoms with Crippen LogP contribution in [0.5, 0.6) is 5.75 Å². The minimum atomic E-state index is -0.929. The molecule has 2 rings (SSSR count). The van der Waals surface area contributed by atoms with E-state index in [1.54, 1.807) is 20.1 Å². The van der Waals surface area contributed by atoms with Crippen LogP contribution in [0.15, 0.2) is 30.3 Å². The summed E-state index contributed by atoms with van der Waals surface area (Å²) in [6.45, 7) is 1.70. The fourth-order valence-corrected chi connectivity index (χ4v) is 2.14. The van der Waals surface area contributed by atoms with Gasteiger partial charge in [0.15, 0.2) is 5.78 Å². The normalized spacial score (nSPS) is 24.4. The van der Waals surface area contributed by atoms with Crippen LogP contribution in [-0.4, -0.2) is 23.6 Å². The third-order valence-corrected chi connectivity index (χ3v) is 2.92. The number of hydrogen-bond acceptors (Lipinski definition) is 3. The second kappa shape index (κ2) is 4.34. The zero-order valence-electron chi connectivity index (χ0n) is 10.1. The van der Waals surface area contributed by atoms with Gasteiger partial charge in [-0.2, -0.15) is 0 Å². The lowest BCUT2D eigenvalue weighted by Crippen LogP contribution is -2.30. The van der Waals surface area contributed by atoms with Gasteiger partial charge in [-0.1, -0.05) is 12.1 Å². The Labute approximate surface area is 101 Å². The second-order valence-corrected chi connectivity index (χ2v) is 4.71. The Balaban J connectivity index is 2.29. The molecule has 3 nitrogen and oxygen atoms in total. The number of methoxy groups -OCH3 is 1. The molecule has 17 heavy (non-hydrogen) atoms. The highest BCUT2D eigenvalue weighted by atomic mass is 16.5. The van der Waals surface area contributed by atoms with Crippen LogP contribution in [0.2, 0.25) is 0 Å². The van der Waals surface area contributed by atoms with Crippen molar-refractivity contribution in [1.82, 2.24) is 0 Å². The van der Waals surface area contributed by atoms with E-state index in [-0.39, 0.29) is 12.2 Å². The van der Waals surface area contributed by atoms with Gasteiger partial charge in [0.2, 0.25) is 0 Å². The molecule has 0 heterocycles. The lowest BCUT2D eigenvalue weighted by molar-refractivity contribution is -0.119. The van der Waals surface area contributed by atoms with E-state index >= 15 is 0 Å². The van der Waals surface area contributed by atoms with E-state index in [4.69, 9.17) is 4.74 Å². The predicted molar refractivity (Wildman–Crippen MR) is 65.8 cm³/mol. The van der Waals surface area contributed by atoms with Crippen molar-refractivity contribution in [3.63, 3.8) is 0 Å². The Kier molecular flexibility index (Phi) is 3.03. The first-order valence-electron chi connectivity index (χ1n) is 5.60. The molecular weight excluding hydrogens is 216 g/mol. The summed E-state index contributed by atoms with van der Waals surface area (Å²) in [5.41, 5.74) is 0.911. The molecule has 0 bridgehead atoms. The summed E-state index contributed by atoms with van der Waals surface area (Å²) in [4.78, 5) is 11.5. The maximum Gasteiger partial charge on any atom is 0.158 e. The first kappa shape index (κ1) is 11.9. The van der Waals surface area contributed by atoms with Gasteiger partial charge in [0, 0.05) is 12.8 Å². The van der Waals surface area contributed by atoms with Gasteiger partial charge >= 0.3 is 0 Å². The molecule has 0 aromatic heterocycles. The number of carbonyl (C=O) groups excluding carboxylic acids is 1. The van der Waals surface area contributed by atoms with E-state index in [0.29, 0.717) is 6.42 Å². The molecule has 0 fully saturated rings. The summed E-state index contributed by atoms with van der Waals surface area (Å²) in [7, 11) is 1.61. The van der Waals surface area contributed by atoms with Crippen molar-refractivity contribution in [3.8, 4) is 5.75 Å². The first-order valence-corrected chi connectivity index (χ1v) is 5.60.